The lowest BCUT2D eigenvalue weighted by Crippen LogP contribution is -2.28. The van der Waals surface area contributed by atoms with Crippen molar-refractivity contribution in [3.63, 3.8) is 0 Å². The highest BCUT2D eigenvalue weighted by molar-refractivity contribution is 6.04. The zero-order valence-electron chi connectivity index (χ0n) is 32.9. The van der Waals surface area contributed by atoms with Gasteiger partial charge in [-0.25, -0.2) is 0 Å². The Morgan fingerprint density at radius 2 is 0.717 bits per heavy atom. The molecule has 5 heterocycles. The number of carbonyl (C=O) groups is 2. The lowest BCUT2D eigenvalue weighted by atomic mass is 9.97. The van der Waals surface area contributed by atoms with Crippen LogP contribution in [-0.2, 0) is 9.59 Å². The minimum absolute atomic E-state index is 0.340. The van der Waals surface area contributed by atoms with Gasteiger partial charge in [0.15, 0.2) is 0 Å². The minimum Gasteiger partial charge on any atom is -0.384 e. The maximum absolute atomic E-state index is 13.2. The zero-order valence-corrected chi connectivity index (χ0v) is 32.9. The van der Waals surface area contributed by atoms with Crippen LogP contribution in [0.1, 0.15) is 58.9 Å². The summed E-state index contributed by atoms with van der Waals surface area (Å²) in [7, 11) is 0. The Bertz CT molecular complexity index is 3090. The third-order valence-corrected chi connectivity index (χ3v) is 10.7. The van der Waals surface area contributed by atoms with Crippen LogP contribution in [0.25, 0.3) is 22.3 Å². The summed E-state index contributed by atoms with van der Waals surface area (Å²) >= 11 is 0. The van der Waals surface area contributed by atoms with Crippen molar-refractivity contribution in [1.29, 1.82) is 0 Å². The number of nitrogens with one attached hydrogen (secondary N) is 6. The van der Waals surface area contributed by atoms with Crippen molar-refractivity contribution in [2.24, 2.45) is 0 Å². The van der Waals surface area contributed by atoms with Crippen LogP contribution in [0.2, 0.25) is 0 Å². The van der Waals surface area contributed by atoms with Gasteiger partial charge in [-0.15, -0.1) is 0 Å². The second-order valence-corrected chi connectivity index (χ2v) is 14.8. The molecule has 4 aromatic carbocycles. The summed E-state index contributed by atoms with van der Waals surface area (Å²) in [5, 5.41) is 29.7. The fourth-order valence-corrected chi connectivity index (χ4v) is 7.85. The Hall–Kier alpha value is -7.66. The van der Waals surface area contributed by atoms with Gasteiger partial charge in [-0.05, 0) is 91.2 Å². The highest BCUT2D eigenvalue weighted by Gasteiger charge is 2.24. The predicted octanol–water partition coefficient (Wildman–Crippen LogP) is 4.94. The van der Waals surface area contributed by atoms with E-state index in [-0.39, 0.29) is 0 Å². The summed E-state index contributed by atoms with van der Waals surface area (Å²) in [6.45, 7) is 2.78. The number of hydrogen-bond acceptors (Lipinski definition) is 4. The number of anilines is 2. The average Bonchev–Trinajstić information content (AvgIpc) is 4.11. The summed E-state index contributed by atoms with van der Waals surface area (Å²) in [6, 6.07) is 52.2. The van der Waals surface area contributed by atoms with Gasteiger partial charge in [0.05, 0.1) is 11.4 Å². The molecule has 8 aromatic rings. The molecule has 0 saturated heterocycles. The molecule has 2 atom stereocenters. The maximum Gasteiger partial charge on any atom is 0.252 e. The Kier molecular flexibility index (Phi) is 10.1. The number of aliphatic hydroxyl groups is 2. The molecule has 0 aliphatic carbocycles. The Balaban J connectivity index is 1.44. The highest BCUT2D eigenvalue weighted by atomic mass is 16.3. The first-order valence-corrected chi connectivity index (χ1v) is 19.8. The summed E-state index contributed by atoms with van der Waals surface area (Å²) in [5.74, 6) is -1.25. The summed E-state index contributed by atoms with van der Waals surface area (Å²) in [6.07, 6.45) is -2.63. The van der Waals surface area contributed by atoms with Gasteiger partial charge in [-0.1, -0.05) is 97.1 Å². The molecule has 10 nitrogen and oxygen atoms in total. The predicted molar refractivity (Wildman–Crippen MR) is 235 cm³/mol. The molecule has 0 unspecified atom stereocenters. The van der Waals surface area contributed by atoms with Gasteiger partial charge in [0.25, 0.3) is 11.8 Å². The van der Waals surface area contributed by atoms with Crippen LogP contribution in [0.5, 0.6) is 0 Å². The molecule has 296 valence electrons. The van der Waals surface area contributed by atoms with Crippen molar-refractivity contribution in [3.05, 3.63) is 224 Å². The first kappa shape index (κ1) is 37.9. The number of hydrogen-bond donors (Lipinski definition) is 8. The molecule has 1 aliphatic heterocycles. The van der Waals surface area contributed by atoms with E-state index in [1.165, 1.54) is 13.8 Å². The van der Waals surface area contributed by atoms with E-state index in [2.05, 4.69) is 91.2 Å². The fourth-order valence-electron chi connectivity index (χ4n) is 7.85. The van der Waals surface area contributed by atoms with Gasteiger partial charge in [0, 0.05) is 72.0 Å². The van der Waals surface area contributed by atoms with E-state index in [1.54, 1.807) is 18.2 Å². The van der Waals surface area contributed by atoms with Crippen molar-refractivity contribution in [3.8, 4) is 0 Å². The number of aromatic amines is 4. The SMILES string of the molecule is C[C@H](O)C(=O)Nc1cccc(NC(=O)[C@H](C)O)c1C1=c2ccc([nH]2)=C(c2ccccc2)c2ccc([nH]2)C(c2ccccc2)=c2ccc([nH]2)=C(c2ccccc2)c2ccc1[nH]2. The number of benzene rings is 4. The van der Waals surface area contributed by atoms with Crippen molar-refractivity contribution >= 4 is 45.5 Å². The molecule has 0 radical (unpaired) electrons. The van der Waals surface area contributed by atoms with E-state index in [0.717, 1.165) is 66.5 Å². The molecule has 0 fully saturated rings. The average molecular weight is 791 g/mol. The number of amides is 2. The Morgan fingerprint density at radius 1 is 0.400 bits per heavy atom. The van der Waals surface area contributed by atoms with Gasteiger partial charge >= 0.3 is 0 Å². The van der Waals surface area contributed by atoms with E-state index in [9.17, 15) is 19.8 Å². The number of aromatic nitrogens is 4. The summed E-state index contributed by atoms with van der Waals surface area (Å²) in [4.78, 5) is 41.4. The molecule has 60 heavy (non-hydrogen) atoms. The van der Waals surface area contributed by atoms with Crippen molar-refractivity contribution in [1.82, 2.24) is 19.9 Å². The van der Waals surface area contributed by atoms with Gasteiger partial charge in [-0.3, -0.25) is 9.59 Å². The van der Waals surface area contributed by atoms with Crippen LogP contribution in [0.15, 0.2) is 158 Å². The number of aliphatic hydroxyl groups excluding tert-OH is 2. The number of H-pyrrole nitrogens is 4. The smallest absolute Gasteiger partial charge is 0.252 e. The fraction of sp³-hybridized carbons (Fsp3) is 0.0800. The van der Waals surface area contributed by atoms with Crippen LogP contribution < -0.4 is 32.0 Å². The van der Waals surface area contributed by atoms with E-state index in [1.807, 2.05) is 78.9 Å². The maximum atomic E-state index is 13.2. The van der Waals surface area contributed by atoms with Gasteiger partial charge in [0.1, 0.15) is 12.2 Å². The summed E-state index contributed by atoms with van der Waals surface area (Å²) < 4.78 is 0. The van der Waals surface area contributed by atoms with Gasteiger partial charge in [-0.2, -0.15) is 0 Å². The van der Waals surface area contributed by atoms with Crippen LogP contribution in [0.4, 0.5) is 11.4 Å². The standard InChI is InChI=1S/C50H42N6O4/c1-29(57)49(59)55-34-19-12-20-35(56-50(60)30(2)58)47(34)48-42-27-25-40(53-42)45(32-15-8-4-9-16-32)38-23-21-36(51-38)44(31-13-6-3-7-14-31)37-22-24-39(52-37)46(33-17-10-5-11-18-33)41-26-28-43(48)54-41/h3-30,51-54,57-58H,1-2H3,(H,55,59)(H,56,60)/t29-,30-/m0/s1. The second kappa shape index (κ2) is 15.9. The first-order valence-electron chi connectivity index (χ1n) is 19.8. The Morgan fingerprint density at radius 3 is 1.05 bits per heavy atom. The van der Waals surface area contributed by atoms with Crippen molar-refractivity contribution in [2.75, 3.05) is 10.6 Å². The molecular formula is C50H42N6O4. The number of carbonyl (C=O) groups excluding carboxylic acids is 2. The first-order chi connectivity index (χ1) is 29.2. The third-order valence-electron chi connectivity index (χ3n) is 10.7. The molecule has 1 aliphatic rings. The van der Waals surface area contributed by atoms with E-state index < -0.39 is 24.0 Å². The van der Waals surface area contributed by atoms with E-state index in [4.69, 9.17) is 0 Å². The van der Waals surface area contributed by atoms with E-state index >= 15 is 0 Å². The molecular weight excluding hydrogens is 749 g/mol. The zero-order chi connectivity index (χ0) is 41.3. The molecule has 10 heteroatoms. The van der Waals surface area contributed by atoms with Crippen LogP contribution in [0.3, 0.4) is 0 Å². The van der Waals surface area contributed by atoms with Crippen LogP contribution in [0, 0.1) is 0 Å². The molecule has 0 saturated carbocycles. The largest absolute Gasteiger partial charge is 0.384 e. The molecule has 2 amide bonds. The normalized spacial score (nSPS) is 13.5. The minimum atomic E-state index is -1.31. The Labute approximate surface area is 345 Å². The lowest BCUT2D eigenvalue weighted by Gasteiger charge is -2.19. The lowest BCUT2D eigenvalue weighted by molar-refractivity contribution is -0.123. The van der Waals surface area contributed by atoms with Crippen LogP contribution in [-0.4, -0.2) is 54.2 Å². The quantitative estimate of drug-likeness (QED) is 0.110. The summed E-state index contributed by atoms with van der Waals surface area (Å²) in [5.41, 5.74) is 10.9. The van der Waals surface area contributed by atoms with Crippen molar-refractivity contribution < 1.29 is 19.8 Å². The van der Waals surface area contributed by atoms with Gasteiger partial charge in [0.2, 0.25) is 0 Å². The topological polar surface area (TPSA) is 162 Å². The number of rotatable bonds is 8. The second-order valence-electron chi connectivity index (χ2n) is 14.8. The molecule has 4 aromatic heterocycles. The molecule has 0 spiro atoms. The van der Waals surface area contributed by atoms with Crippen LogP contribution >= 0.6 is 0 Å². The van der Waals surface area contributed by atoms with Crippen molar-refractivity contribution in [2.45, 2.75) is 26.1 Å². The third kappa shape index (κ3) is 7.21. The van der Waals surface area contributed by atoms with Gasteiger partial charge < -0.3 is 40.8 Å². The molecule has 9 rings (SSSR count). The number of fused-ring (bicyclic) bond motifs is 8. The molecule has 8 bridgehead atoms. The molecule has 8 N–H and O–H groups in total. The monoisotopic (exact) mass is 790 g/mol. The van der Waals surface area contributed by atoms with E-state index in [0.29, 0.717) is 33.6 Å². The highest BCUT2D eigenvalue weighted by Crippen LogP contribution is 2.35.